The molecule has 28 heavy (non-hydrogen) atoms. The number of nitrogens with zero attached hydrogens (tertiary/aromatic N) is 1. The fourth-order valence-electron chi connectivity index (χ4n) is 2.86. The summed E-state index contributed by atoms with van der Waals surface area (Å²) in [6.07, 6.45) is -4.57. The number of aryl methyl sites for hydroxylation is 3. The van der Waals surface area contributed by atoms with Crippen molar-refractivity contribution >= 4 is 27.0 Å². The molecule has 10 heteroatoms. The van der Waals surface area contributed by atoms with E-state index in [4.69, 9.17) is 4.52 Å². The van der Waals surface area contributed by atoms with Crippen molar-refractivity contribution in [2.24, 2.45) is 0 Å². The van der Waals surface area contributed by atoms with Crippen molar-refractivity contribution in [3.63, 3.8) is 0 Å². The van der Waals surface area contributed by atoms with Gasteiger partial charge in [0.1, 0.15) is 4.90 Å². The van der Waals surface area contributed by atoms with Gasteiger partial charge < -0.3 is 4.52 Å². The molecule has 0 saturated heterocycles. The molecule has 150 valence electrons. The van der Waals surface area contributed by atoms with Crippen molar-refractivity contribution in [3.05, 3.63) is 50.8 Å². The minimum absolute atomic E-state index is 0.0216. The van der Waals surface area contributed by atoms with E-state index in [2.05, 4.69) is 9.88 Å². The summed E-state index contributed by atoms with van der Waals surface area (Å²) in [6.45, 7) is 6.91. The molecule has 0 fully saturated rings. The van der Waals surface area contributed by atoms with Crippen LogP contribution in [-0.4, -0.2) is 13.6 Å². The van der Waals surface area contributed by atoms with Crippen LogP contribution in [0.2, 0.25) is 0 Å². The van der Waals surface area contributed by atoms with Crippen LogP contribution in [-0.2, 0) is 16.2 Å². The molecule has 1 N–H and O–H groups in total. The molecule has 5 nitrogen and oxygen atoms in total. The van der Waals surface area contributed by atoms with Gasteiger partial charge in [0, 0.05) is 21.0 Å². The van der Waals surface area contributed by atoms with Crippen molar-refractivity contribution in [2.75, 3.05) is 4.72 Å². The second-order valence-corrected chi connectivity index (χ2v) is 9.37. The molecular weight excluding hydrogens is 413 g/mol. The number of rotatable bonds is 4. The highest BCUT2D eigenvalue weighted by molar-refractivity contribution is 7.93. The maximum Gasteiger partial charge on any atom is 0.416 e. The number of hydrogen-bond acceptors (Lipinski definition) is 5. The molecular formula is C18H17F3N2O3S2. The van der Waals surface area contributed by atoms with Gasteiger partial charge in [-0.3, -0.25) is 4.72 Å². The summed E-state index contributed by atoms with van der Waals surface area (Å²) in [4.78, 5) is 1.19. The second kappa shape index (κ2) is 6.93. The summed E-state index contributed by atoms with van der Waals surface area (Å²) in [5, 5.41) is 3.88. The van der Waals surface area contributed by atoms with E-state index in [0.717, 1.165) is 18.2 Å². The summed E-state index contributed by atoms with van der Waals surface area (Å²) in [5.41, 5.74) is 0.603. The average molecular weight is 430 g/mol. The zero-order valence-electron chi connectivity index (χ0n) is 15.4. The first-order valence-corrected chi connectivity index (χ1v) is 10.4. The van der Waals surface area contributed by atoms with Crippen LogP contribution in [0.1, 0.15) is 26.6 Å². The average Bonchev–Trinajstić information content (AvgIpc) is 3.05. The number of nitrogens with one attached hydrogen (secondary N) is 1. The highest BCUT2D eigenvalue weighted by Crippen LogP contribution is 2.41. The molecule has 0 radical (unpaired) electrons. The smallest absolute Gasteiger partial charge is 0.356 e. The third-order valence-corrected chi connectivity index (χ3v) is 7.00. The number of benzene rings is 1. The summed E-state index contributed by atoms with van der Waals surface area (Å²) >= 11 is 1.27. The molecule has 0 saturated carbocycles. The van der Waals surface area contributed by atoms with E-state index in [1.54, 1.807) is 27.7 Å². The summed E-state index contributed by atoms with van der Waals surface area (Å²) < 4.78 is 72.5. The van der Waals surface area contributed by atoms with E-state index >= 15 is 0 Å². The lowest BCUT2D eigenvalue weighted by Crippen LogP contribution is -2.15. The van der Waals surface area contributed by atoms with Crippen LogP contribution in [0.5, 0.6) is 0 Å². The molecule has 3 aromatic rings. The maximum atomic E-state index is 13.1. The van der Waals surface area contributed by atoms with Crippen molar-refractivity contribution in [3.8, 4) is 11.3 Å². The van der Waals surface area contributed by atoms with Gasteiger partial charge in [-0.2, -0.15) is 13.2 Å². The van der Waals surface area contributed by atoms with E-state index in [1.165, 1.54) is 17.4 Å². The van der Waals surface area contributed by atoms with Gasteiger partial charge in [-0.25, -0.2) is 8.42 Å². The minimum Gasteiger partial charge on any atom is -0.356 e. The highest BCUT2D eigenvalue weighted by atomic mass is 32.2. The number of alkyl halides is 3. The summed E-state index contributed by atoms with van der Waals surface area (Å²) in [7, 11) is -4.17. The first kappa shape index (κ1) is 20.4. The van der Waals surface area contributed by atoms with E-state index in [-0.39, 0.29) is 10.6 Å². The molecule has 0 spiro atoms. The van der Waals surface area contributed by atoms with Gasteiger partial charge in [-0.1, -0.05) is 11.2 Å². The highest BCUT2D eigenvalue weighted by Gasteiger charge is 2.32. The van der Waals surface area contributed by atoms with Crippen molar-refractivity contribution in [1.29, 1.82) is 0 Å². The molecule has 0 amide bonds. The Morgan fingerprint density at radius 1 is 1.11 bits per heavy atom. The normalized spacial score (nSPS) is 12.4. The topological polar surface area (TPSA) is 72.2 Å². The quantitative estimate of drug-likeness (QED) is 0.597. The molecule has 0 unspecified atom stereocenters. The third kappa shape index (κ3) is 3.66. The molecule has 3 rings (SSSR count). The Morgan fingerprint density at radius 3 is 2.36 bits per heavy atom. The van der Waals surface area contributed by atoms with Gasteiger partial charge in [-0.15, -0.1) is 11.3 Å². The van der Waals surface area contributed by atoms with Crippen LogP contribution in [0.3, 0.4) is 0 Å². The van der Waals surface area contributed by atoms with Crippen LogP contribution in [0, 0.1) is 27.7 Å². The van der Waals surface area contributed by atoms with E-state index in [9.17, 15) is 21.6 Å². The maximum absolute atomic E-state index is 13.1. The summed E-state index contributed by atoms with van der Waals surface area (Å²) in [5.74, 6) is 0.337. The molecule has 0 aliphatic rings. The van der Waals surface area contributed by atoms with Crippen LogP contribution >= 0.6 is 11.3 Å². The van der Waals surface area contributed by atoms with Gasteiger partial charge >= 0.3 is 6.18 Å². The SMILES string of the molecule is Cc1noc(-c2c(C)sc(C)c2S(=O)(=O)Nc2cccc(C(F)(F)F)c2)c1C. The van der Waals surface area contributed by atoms with Crippen molar-refractivity contribution < 1.29 is 26.1 Å². The molecule has 0 aliphatic heterocycles. The van der Waals surface area contributed by atoms with Crippen molar-refractivity contribution in [1.82, 2.24) is 5.16 Å². The Labute approximate surface area is 164 Å². The molecule has 2 aromatic heterocycles. The number of thiophene rings is 1. The lowest BCUT2D eigenvalue weighted by Gasteiger charge is -2.12. The third-order valence-electron chi connectivity index (χ3n) is 4.30. The largest absolute Gasteiger partial charge is 0.416 e. The molecule has 0 bridgehead atoms. The standard InChI is InChI=1S/C18H17F3N2O3S2/c1-9-10(2)22-26-16(9)15-11(3)27-12(4)17(15)28(24,25)23-14-7-5-6-13(8-14)18(19,20)21/h5-8,23H,1-4H3. The first-order chi connectivity index (χ1) is 12.9. The van der Waals surface area contributed by atoms with E-state index in [1.807, 2.05) is 0 Å². The molecule has 1 aromatic carbocycles. The Balaban J connectivity index is 2.10. The van der Waals surface area contributed by atoms with Gasteiger partial charge in [-0.05, 0) is 45.9 Å². The minimum atomic E-state index is -4.57. The van der Waals surface area contributed by atoms with Crippen molar-refractivity contribution in [2.45, 2.75) is 38.8 Å². The lowest BCUT2D eigenvalue weighted by molar-refractivity contribution is -0.137. The van der Waals surface area contributed by atoms with E-state index in [0.29, 0.717) is 32.3 Å². The van der Waals surface area contributed by atoms with Gasteiger partial charge in [0.25, 0.3) is 10.0 Å². The Morgan fingerprint density at radius 2 is 1.79 bits per heavy atom. The fourth-order valence-corrected chi connectivity index (χ4v) is 5.77. The molecule has 2 heterocycles. The van der Waals surface area contributed by atoms with Gasteiger partial charge in [0.2, 0.25) is 0 Å². The predicted molar refractivity (Wildman–Crippen MR) is 101 cm³/mol. The van der Waals surface area contributed by atoms with Gasteiger partial charge in [0.15, 0.2) is 5.76 Å². The monoisotopic (exact) mass is 430 g/mol. The molecule has 0 aliphatic carbocycles. The zero-order valence-corrected chi connectivity index (χ0v) is 17.1. The van der Waals surface area contributed by atoms with E-state index < -0.39 is 21.8 Å². The predicted octanol–water partition coefficient (Wildman–Crippen LogP) is 5.46. The lowest BCUT2D eigenvalue weighted by atomic mass is 10.1. The van der Waals surface area contributed by atoms with Crippen LogP contribution in [0.25, 0.3) is 11.3 Å². The Hall–Kier alpha value is -2.33. The first-order valence-electron chi connectivity index (χ1n) is 8.15. The van der Waals surface area contributed by atoms with Crippen LogP contribution < -0.4 is 4.72 Å². The fraction of sp³-hybridized carbons (Fsp3) is 0.278. The summed E-state index contributed by atoms with van der Waals surface area (Å²) in [6, 6.07) is 4.06. The molecule has 0 atom stereocenters. The van der Waals surface area contributed by atoms with Crippen LogP contribution in [0.4, 0.5) is 18.9 Å². The number of sulfonamides is 1. The number of halogens is 3. The number of anilines is 1. The number of hydrogen-bond donors (Lipinski definition) is 1. The van der Waals surface area contributed by atoms with Crippen LogP contribution in [0.15, 0.2) is 33.7 Å². The number of aromatic nitrogens is 1. The van der Waals surface area contributed by atoms with Gasteiger partial charge in [0.05, 0.1) is 16.8 Å². The second-order valence-electron chi connectivity index (χ2n) is 6.32. The Bertz CT molecular complexity index is 1150. The zero-order chi connectivity index (χ0) is 20.9. The Kier molecular flexibility index (Phi) is 5.05.